The maximum Gasteiger partial charge on any atom is 0.633 e. The highest BCUT2D eigenvalue weighted by Crippen LogP contribution is 2.35. The van der Waals surface area contributed by atoms with Crippen LogP contribution >= 0.6 is 0 Å². The molecule has 39 heavy (non-hydrogen) atoms. The molecule has 0 unspecified atom stereocenters. The van der Waals surface area contributed by atoms with Gasteiger partial charge in [0.05, 0.1) is 10.8 Å². The molecule has 198 valence electrons. The molecular formula is C26H9BF10O2. The van der Waals surface area contributed by atoms with Gasteiger partial charge in [0, 0.05) is 10.8 Å². The minimum Gasteiger partial charge on any atom is -0.521 e. The predicted molar refractivity (Wildman–Crippen MR) is 121 cm³/mol. The van der Waals surface area contributed by atoms with Crippen LogP contribution in [0.4, 0.5) is 43.9 Å². The molecule has 2 nitrogen and oxygen atoms in total. The maximum absolute atomic E-state index is 14.8. The fraction of sp³-hybridized carbons (Fsp3) is 0. The van der Waals surface area contributed by atoms with Crippen molar-refractivity contribution in [2.24, 2.45) is 0 Å². The third-order valence-electron chi connectivity index (χ3n) is 5.83. The Morgan fingerprint density at radius 2 is 1.05 bits per heavy atom. The molecule has 0 bridgehead atoms. The van der Waals surface area contributed by atoms with Crippen molar-refractivity contribution in [2.75, 3.05) is 0 Å². The van der Waals surface area contributed by atoms with E-state index < -0.39 is 104 Å². The van der Waals surface area contributed by atoms with Crippen LogP contribution in [-0.4, -0.2) is 7.12 Å². The molecule has 0 heterocycles. The van der Waals surface area contributed by atoms with Crippen molar-refractivity contribution in [3.05, 3.63) is 113 Å². The molecule has 0 amide bonds. The first-order valence-electron chi connectivity index (χ1n) is 10.8. The van der Waals surface area contributed by atoms with Crippen molar-refractivity contribution in [2.45, 2.75) is 0 Å². The average molecular weight is 554 g/mol. The number of hydrogen-bond acceptors (Lipinski definition) is 2. The van der Waals surface area contributed by atoms with E-state index in [2.05, 4.69) is 0 Å². The van der Waals surface area contributed by atoms with Crippen LogP contribution in [0, 0.1) is 58.2 Å². The fourth-order valence-electron chi connectivity index (χ4n) is 4.02. The Morgan fingerprint density at radius 3 is 1.79 bits per heavy atom. The van der Waals surface area contributed by atoms with Gasteiger partial charge in [-0.1, -0.05) is 24.3 Å². The number of fused-ring (bicyclic) bond motifs is 2. The van der Waals surface area contributed by atoms with Gasteiger partial charge in [-0.05, 0) is 35.7 Å². The van der Waals surface area contributed by atoms with Crippen molar-refractivity contribution < 1.29 is 53.2 Å². The van der Waals surface area contributed by atoms with Crippen molar-refractivity contribution in [3.63, 3.8) is 0 Å². The molecule has 5 rings (SSSR count). The average Bonchev–Trinajstić information content (AvgIpc) is 2.92. The lowest BCUT2D eigenvalue weighted by Gasteiger charge is -2.21. The van der Waals surface area contributed by atoms with E-state index in [9.17, 15) is 43.9 Å². The molecule has 0 atom stereocenters. The minimum absolute atomic E-state index is 0.430. The second kappa shape index (κ2) is 9.72. The molecule has 0 aliphatic heterocycles. The van der Waals surface area contributed by atoms with E-state index in [-0.39, 0.29) is 0 Å². The summed E-state index contributed by atoms with van der Waals surface area (Å²) < 4.78 is 153. The van der Waals surface area contributed by atoms with Crippen LogP contribution in [0.25, 0.3) is 21.5 Å². The van der Waals surface area contributed by atoms with Crippen molar-refractivity contribution in [1.82, 2.24) is 0 Å². The standard InChI is InChI=1S/C26H9BF10O2/c28-13-7-5-12(10-4-6-14(29)21(33)18(10)13)27(39-26-16(31)9-8-15(30)22(26)34)38-17-3-1-2-11-19(17)23(35)25(37)24(36)20(11)32/h1-9H. The summed E-state index contributed by atoms with van der Waals surface area (Å²) in [4.78, 5) is 0. The van der Waals surface area contributed by atoms with Crippen LogP contribution in [0.15, 0.2) is 54.6 Å². The molecule has 0 aliphatic rings. The van der Waals surface area contributed by atoms with Crippen LogP contribution in [0.1, 0.15) is 0 Å². The van der Waals surface area contributed by atoms with E-state index in [4.69, 9.17) is 9.31 Å². The minimum atomic E-state index is -2.23. The third-order valence-corrected chi connectivity index (χ3v) is 5.83. The topological polar surface area (TPSA) is 18.5 Å². The van der Waals surface area contributed by atoms with E-state index >= 15 is 0 Å². The van der Waals surface area contributed by atoms with Gasteiger partial charge in [0.2, 0.25) is 5.82 Å². The normalized spacial score (nSPS) is 11.3. The van der Waals surface area contributed by atoms with E-state index in [1.54, 1.807) is 0 Å². The van der Waals surface area contributed by atoms with E-state index in [1.807, 2.05) is 0 Å². The van der Waals surface area contributed by atoms with E-state index in [0.717, 1.165) is 30.3 Å². The van der Waals surface area contributed by atoms with Gasteiger partial charge in [0.15, 0.2) is 52.3 Å². The van der Waals surface area contributed by atoms with Crippen molar-refractivity contribution >= 4 is 34.1 Å². The molecule has 0 saturated carbocycles. The summed E-state index contributed by atoms with van der Waals surface area (Å²) in [6.07, 6.45) is 0. The summed E-state index contributed by atoms with van der Waals surface area (Å²) in [6.45, 7) is 0. The van der Waals surface area contributed by atoms with E-state index in [1.165, 1.54) is 0 Å². The Labute approximate surface area is 212 Å². The van der Waals surface area contributed by atoms with Gasteiger partial charge in [0.25, 0.3) is 0 Å². The summed E-state index contributed by atoms with van der Waals surface area (Å²) in [5.41, 5.74) is -0.450. The summed E-state index contributed by atoms with van der Waals surface area (Å²) >= 11 is 0. The summed E-state index contributed by atoms with van der Waals surface area (Å²) in [6, 6.07) is 6.67. The Hall–Kier alpha value is -4.42. The van der Waals surface area contributed by atoms with Gasteiger partial charge in [-0.15, -0.1) is 0 Å². The van der Waals surface area contributed by atoms with Crippen molar-refractivity contribution in [1.29, 1.82) is 0 Å². The van der Waals surface area contributed by atoms with Crippen LogP contribution in [0.3, 0.4) is 0 Å². The number of hydrogen-bond donors (Lipinski definition) is 0. The third kappa shape index (κ3) is 4.27. The zero-order valence-electron chi connectivity index (χ0n) is 18.9. The SMILES string of the molecule is Fc1ccc(F)c(OB(Oc2cccc3c(F)c(F)c(F)c(F)c23)c2ccc(F)c3c(F)c(F)ccc23)c1F. The van der Waals surface area contributed by atoms with Gasteiger partial charge < -0.3 is 9.31 Å². The van der Waals surface area contributed by atoms with Crippen LogP contribution in [-0.2, 0) is 0 Å². The molecular weight excluding hydrogens is 545 g/mol. The molecule has 5 aromatic carbocycles. The number of benzene rings is 5. The van der Waals surface area contributed by atoms with Gasteiger partial charge in [0.1, 0.15) is 11.6 Å². The molecule has 0 radical (unpaired) electrons. The molecule has 0 N–H and O–H groups in total. The first kappa shape index (κ1) is 26.2. The fourth-order valence-corrected chi connectivity index (χ4v) is 4.02. The van der Waals surface area contributed by atoms with Gasteiger partial charge in [-0.25, -0.2) is 39.5 Å². The Balaban J connectivity index is 1.77. The molecule has 0 fully saturated rings. The lowest BCUT2D eigenvalue weighted by molar-refractivity contribution is 0.383. The predicted octanol–water partition coefficient (Wildman–Crippen LogP) is 7.24. The van der Waals surface area contributed by atoms with Gasteiger partial charge in [-0.3, -0.25) is 0 Å². The smallest absolute Gasteiger partial charge is 0.521 e. The second-order valence-electron chi connectivity index (χ2n) is 8.10. The molecule has 0 spiro atoms. The Kier molecular flexibility index (Phi) is 6.53. The first-order chi connectivity index (χ1) is 18.5. The van der Waals surface area contributed by atoms with Crippen LogP contribution in [0.2, 0.25) is 0 Å². The summed E-state index contributed by atoms with van der Waals surface area (Å²) in [5.74, 6) is -19.4. The highest BCUT2D eigenvalue weighted by atomic mass is 19.2. The molecule has 5 aromatic rings. The highest BCUT2D eigenvalue weighted by molar-refractivity contribution is 6.65. The molecule has 13 heteroatoms. The monoisotopic (exact) mass is 554 g/mol. The molecule has 0 aromatic heterocycles. The van der Waals surface area contributed by atoms with Gasteiger partial charge in [-0.2, -0.15) is 4.39 Å². The van der Waals surface area contributed by atoms with Crippen LogP contribution < -0.4 is 14.8 Å². The molecule has 0 aliphatic carbocycles. The summed E-state index contributed by atoms with van der Waals surface area (Å²) in [5, 5.41) is -3.16. The lowest BCUT2D eigenvalue weighted by Crippen LogP contribution is -2.44. The van der Waals surface area contributed by atoms with Gasteiger partial charge >= 0.3 is 7.12 Å². The summed E-state index contributed by atoms with van der Waals surface area (Å²) in [7, 11) is -2.23. The first-order valence-corrected chi connectivity index (χ1v) is 10.8. The Morgan fingerprint density at radius 1 is 0.436 bits per heavy atom. The zero-order valence-corrected chi connectivity index (χ0v) is 18.9. The lowest BCUT2D eigenvalue weighted by atomic mass is 9.75. The number of halogens is 10. The number of rotatable bonds is 5. The van der Waals surface area contributed by atoms with E-state index in [0.29, 0.717) is 24.3 Å². The maximum atomic E-state index is 14.8. The largest absolute Gasteiger partial charge is 0.633 e. The zero-order chi connectivity index (χ0) is 28.2. The van der Waals surface area contributed by atoms with Crippen LogP contribution in [0.5, 0.6) is 11.5 Å². The Bertz CT molecular complexity index is 1790. The quantitative estimate of drug-likeness (QED) is 0.0988. The molecule has 0 saturated heterocycles. The second-order valence-corrected chi connectivity index (χ2v) is 8.10. The highest BCUT2D eigenvalue weighted by Gasteiger charge is 2.34. The van der Waals surface area contributed by atoms with Crippen molar-refractivity contribution in [3.8, 4) is 11.5 Å².